The van der Waals surface area contributed by atoms with Gasteiger partial charge in [0.2, 0.25) is 5.95 Å². The minimum Gasteiger partial charge on any atom is -0.497 e. The second kappa shape index (κ2) is 9.60. The van der Waals surface area contributed by atoms with E-state index in [2.05, 4.69) is 15.0 Å². The van der Waals surface area contributed by atoms with E-state index in [0.29, 0.717) is 22.7 Å². The Bertz CT molecular complexity index is 970. The van der Waals surface area contributed by atoms with E-state index in [1.165, 1.54) is 11.8 Å². The topological polar surface area (TPSA) is 88.1 Å². The lowest BCUT2D eigenvalue weighted by molar-refractivity contribution is -0.106. The summed E-state index contributed by atoms with van der Waals surface area (Å²) < 4.78 is 48.7. The van der Waals surface area contributed by atoms with Crippen LogP contribution in [0.15, 0.2) is 40.5 Å². The summed E-state index contributed by atoms with van der Waals surface area (Å²) in [5, 5.41) is 0.604. The van der Waals surface area contributed by atoms with Crippen LogP contribution in [0, 0.1) is 0 Å². The maximum atomic E-state index is 12.1. The van der Waals surface area contributed by atoms with Crippen LogP contribution in [0.1, 0.15) is 0 Å². The summed E-state index contributed by atoms with van der Waals surface area (Å²) in [6, 6.07) is 7.52. The molecule has 0 saturated heterocycles. The van der Waals surface area contributed by atoms with Crippen LogP contribution < -0.4 is 10.5 Å². The SMILES string of the molecule is COc1cccc(Sc2nc(N)nc3c2ncn3CCOCPCC(F)(F)F)c1. The molecule has 0 radical (unpaired) electrons. The molecule has 0 bridgehead atoms. The molecule has 0 aliphatic rings. The molecule has 1 atom stereocenters. The Labute approximate surface area is 171 Å². The molecule has 3 aromatic rings. The number of ether oxygens (including phenoxy) is 2. The van der Waals surface area contributed by atoms with Crippen molar-refractivity contribution >= 4 is 37.5 Å². The van der Waals surface area contributed by atoms with Gasteiger partial charge in [-0.2, -0.15) is 18.2 Å². The second-order valence-corrected chi connectivity index (χ2v) is 8.08. The predicted molar refractivity (Wildman–Crippen MR) is 107 cm³/mol. The molecule has 0 aliphatic carbocycles. The van der Waals surface area contributed by atoms with E-state index in [-0.39, 0.29) is 27.5 Å². The number of hydrogen-bond donors (Lipinski definition) is 1. The first-order valence-corrected chi connectivity index (χ1v) is 10.7. The molecule has 0 spiro atoms. The Kier molecular flexibility index (Phi) is 7.15. The maximum absolute atomic E-state index is 12.1. The summed E-state index contributed by atoms with van der Waals surface area (Å²) in [6.07, 6.45) is -3.31. The number of aromatic nitrogens is 4. The number of imidazole rings is 1. The molecule has 1 unspecified atom stereocenters. The number of alkyl halides is 3. The van der Waals surface area contributed by atoms with Gasteiger partial charge in [0.1, 0.15) is 16.3 Å². The largest absolute Gasteiger partial charge is 0.497 e. The van der Waals surface area contributed by atoms with Gasteiger partial charge in [0, 0.05) is 11.4 Å². The fraction of sp³-hybridized carbons (Fsp3) is 0.353. The third-order valence-corrected chi connectivity index (χ3v) is 5.74. The molecule has 2 heterocycles. The van der Waals surface area contributed by atoms with E-state index in [0.717, 1.165) is 10.6 Å². The number of nitrogen functional groups attached to an aromatic ring is 1. The van der Waals surface area contributed by atoms with Crippen LogP contribution in [0.4, 0.5) is 19.1 Å². The smallest absolute Gasteiger partial charge is 0.392 e. The van der Waals surface area contributed by atoms with Crippen molar-refractivity contribution < 1.29 is 22.6 Å². The van der Waals surface area contributed by atoms with Gasteiger partial charge in [0.05, 0.1) is 32.6 Å². The molecule has 156 valence electrons. The first-order valence-electron chi connectivity index (χ1n) is 8.51. The second-order valence-electron chi connectivity index (χ2n) is 5.87. The Morgan fingerprint density at radius 3 is 2.86 bits per heavy atom. The summed E-state index contributed by atoms with van der Waals surface area (Å²) in [4.78, 5) is 13.8. The third-order valence-electron chi connectivity index (χ3n) is 3.71. The highest BCUT2D eigenvalue weighted by molar-refractivity contribution is 7.99. The molecule has 1 aromatic carbocycles. The zero-order chi connectivity index (χ0) is 20.9. The average molecular weight is 445 g/mol. The number of anilines is 1. The van der Waals surface area contributed by atoms with Crippen molar-refractivity contribution in [2.24, 2.45) is 0 Å². The van der Waals surface area contributed by atoms with Crippen molar-refractivity contribution in [1.82, 2.24) is 19.5 Å². The van der Waals surface area contributed by atoms with E-state index in [4.69, 9.17) is 15.2 Å². The monoisotopic (exact) mass is 445 g/mol. The summed E-state index contributed by atoms with van der Waals surface area (Å²) in [7, 11) is 1.28. The van der Waals surface area contributed by atoms with Crippen molar-refractivity contribution in [2.75, 3.05) is 32.0 Å². The number of rotatable bonds is 9. The van der Waals surface area contributed by atoms with Crippen LogP contribution in [0.25, 0.3) is 11.2 Å². The number of benzene rings is 1. The molecule has 12 heteroatoms. The van der Waals surface area contributed by atoms with Gasteiger partial charge >= 0.3 is 6.18 Å². The maximum Gasteiger partial charge on any atom is 0.392 e. The number of halogens is 3. The van der Waals surface area contributed by atoms with E-state index in [9.17, 15) is 13.2 Å². The molecule has 2 N–H and O–H groups in total. The molecule has 0 amide bonds. The van der Waals surface area contributed by atoms with E-state index >= 15 is 0 Å². The van der Waals surface area contributed by atoms with Crippen molar-refractivity contribution in [2.45, 2.75) is 22.6 Å². The molecular weight excluding hydrogens is 426 g/mol. The van der Waals surface area contributed by atoms with Crippen molar-refractivity contribution in [3.63, 3.8) is 0 Å². The standard InChI is InChI=1S/C17H19F3N5O2PS/c1-26-11-3-2-4-12(7-11)29-15-13-14(23-16(21)24-15)25(9-22-13)5-6-27-10-28-8-17(18,19)20/h2-4,7,9,28H,5-6,8,10H2,1H3,(H2,21,23,24). The van der Waals surface area contributed by atoms with Crippen LogP contribution in [-0.2, 0) is 11.3 Å². The quantitative estimate of drug-likeness (QED) is 0.305. The average Bonchev–Trinajstić information content (AvgIpc) is 3.07. The Morgan fingerprint density at radius 1 is 1.28 bits per heavy atom. The molecule has 3 rings (SSSR count). The van der Waals surface area contributed by atoms with Gasteiger partial charge in [-0.15, -0.1) is 0 Å². The first kappa shape index (κ1) is 21.6. The molecule has 2 aromatic heterocycles. The van der Waals surface area contributed by atoms with Gasteiger partial charge in [0.25, 0.3) is 0 Å². The molecule has 7 nitrogen and oxygen atoms in total. The van der Waals surface area contributed by atoms with Crippen molar-refractivity contribution in [3.8, 4) is 5.75 Å². The lowest BCUT2D eigenvalue weighted by Crippen LogP contribution is -2.11. The Hall–Kier alpha value is -2.10. The van der Waals surface area contributed by atoms with Gasteiger partial charge in [-0.1, -0.05) is 26.4 Å². The first-order chi connectivity index (χ1) is 13.9. The van der Waals surface area contributed by atoms with Gasteiger partial charge in [-0.25, -0.2) is 9.97 Å². The summed E-state index contributed by atoms with van der Waals surface area (Å²) in [5.74, 6) is 0.833. The van der Waals surface area contributed by atoms with Gasteiger partial charge in [-0.3, -0.25) is 0 Å². The molecular formula is C17H19F3N5O2PS. The summed E-state index contributed by atoms with van der Waals surface area (Å²) in [5.41, 5.74) is 6.99. The normalized spacial score (nSPS) is 12.3. The van der Waals surface area contributed by atoms with E-state index in [1.54, 1.807) is 18.0 Å². The number of methoxy groups -OCH3 is 1. The van der Waals surface area contributed by atoms with Gasteiger partial charge in [-0.05, 0) is 18.2 Å². The fourth-order valence-electron chi connectivity index (χ4n) is 2.45. The predicted octanol–water partition coefficient (Wildman–Crippen LogP) is 3.78. The fourth-order valence-corrected chi connectivity index (χ4v) is 4.04. The molecule has 0 fully saturated rings. The highest BCUT2D eigenvalue weighted by Crippen LogP contribution is 2.33. The van der Waals surface area contributed by atoms with Crippen LogP contribution in [0.3, 0.4) is 0 Å². The van der Waals surface area contributed by atoms with Crippen LogP contribution in [0.2, 0.25) is 0 Å². The highest BCUT2D eigenvalue weighted by atomic mass is 32.2. The highest BCUT2D eigenvalue weighted by Gasteiger charge is 2.26. The zero-order valence-corrected chi connectivity index (χ0v) is 17.3. The molecule has 0 aliphatic heterocycles. The lowest BCUT2D eigenvalue weighted by Gasteiger charge is -2.08. The number of hydrogen-bond acceptors (Lipinski definition) is 7. The van der Waals surface area contributed by atoms with Crippen LogP contribution in [0.5, 0.6) is 5.75 Å². The number of nitrogens with zero attached hydrogens (tertiary/aromatic N) is 4. The van der Waals surface area contributed by atoms with Crippen molar-refractivity contribution in [3.05, 3.63) is 30.6 Å². The lowest BCUT2D eigenvalue weighted by atomic mass is 10.3. The minimum atomic E-state index is -4.15. The Morgan fingerprint density at radius 2 is 2.10 bits per heavy atom. The Balaban J connectivity index is 1.67. The summed E-state index contributed by atoms with van der Waals surface area (Å²) in [6.45, 7) is 0.644. The van der Waals surface area contributed by atoms with Gasteiger partial charge < -0.3 is 19.8 Å². The summed E-state index contributed by atoms with van der Waals surface area (Å²) >= 11 is 1.39. The molecule has 29 heavy (non-hydrogen) atoms. The van der Waals surface area contributed by atoms with Gasteiger partial charge in [0.15, 0.2) is 5.65 Å². The van der Waals surface area contributed by atoms with Crippen LogP contribution >= 0.6 is 20.3 Å². The van der Waals surface area contributed by atoms with Crippen LogP contribution in [-0.4, -0.2) is 51.9 Å². The number of fused-ring (bicyclic) bond motifs is 1. The molecule has 0 saturated carbocycles. The van der Waals surface area contributed by atoms with Crippen molar-refractivity contribution in [1.29, 1.82) is 0 Å². The minimum absolute atomic E-state index is 0.0696. The van der Waals surface area contributed by atoms with E-state index < -0.39 is 12.3 Å². The number of nitrogens with two attached hydrogens (primary N) is 1. The zero-order valence-electron chi connectivity index (χ0n) is 15.4. The third kappa shape index (κ3) is 6.19. The van der Waals surface area contributed by atoms with E-state index in [1.807, 2.05) is 24.3 Å².